The molecule has 0 saturated carbocycles. The molecule has 2 heterocycles. The molecule has 1 aliphatic carbocycles. The van der Waals surface area contributed by atoms with Gasteiger partial charge in [0.2, 0.25) is 5.78 Å². The molecule has 162 valence electrons. The minimum absolute atomic E-state index is 0.256. The number of benzene rings is 3. The smallest absolute Gasteiger partial charge is 0.358 e. The summed E-state index contributed by atoms with van der Waals surface area (Å²) in [4.78, 5) is 54.3. The van der Waals surface area contributed by atoms with Crippen molar-refractivity contribution in [3.05, 3.63) is 104 Å². The lowest BCUT2D eigenvalue weighted by Gasteiger charge is -2.26. The molecule has 2 N–H and O–H groups in total. The second-order valence-electron chi connectivity index (χ2n) is 7.86. The Morgan fingerprint density at radius 1 is 0.909 bits per heavy atom. The zero-order valence-electron chi connectivity index (χ0n) is 17.3. The third-order valence-corrected chi connectivity index (χ3v) is 6.38. The van der Waals surface area contributed by atoms with Gasteiger partial charge < -0.3 is 10.5 Å². The van der Waals surface area contributed by atoms with Gasteiger partial charge in [-0.25, -0.2) is 23.6 Å². The fourth-order valence-electron chi connectivity index (χ4n) is 5.10. The van der Waals surface area contributed by atoms with Crippen LogP contribution >= 0.6 is 0 Å². The Hall–Kier alpha value is -4.66. The third kappa shape index (κ3) is 2.02. The standard InChI is InChI=1S/C24H16N4O5/c1-33-21(30)18-20(25)27-22(31)26(14-9-3-2-4-10-14)23(32)28(27)24(18)16-12-6-8-13-7-5-11-15(17(13)16)19(24)29/h2-12H,25H2,1H3. The number of hydrogen-bond acceptors (Lipinski definition) is 6. The summed E-state index contributed by atoms with van der Waals surface area (Å²) in [5.74, 6) is -1.75. The number of nitrogens with zero attached hydrogens (tertiary/aromatic N) is 3. The molecule has 0 bridgehead atoms. The van der Waals surface area contributed by atoms with Crippen LogP contribution in [0.1, 0.15) is 15.9 Å². The Morgan fingerprint density at radius 2 is 1.61 bits per heavy atom. The fourth-order valence-corrected chi connectivity index (χ4v) is 5.10. The van der Waals surface area contributed by atoms with Crippen LogP contribution in [0.25, 0.3) is 22.3 Å². The number of fused-ring (bicyclic) bond motifs is 3. The zero-order valence-corrected chi connectivity index (χ0v) is 17.3. The summed E-state index contributed by atoms with van der Waals surface area (Å²) >= 11 is 0. The fraction of sp³-hybridized carbons (Fsp3) is 0.0833. The van der Waals surface area contributed by atoms with Crippen LogP contribution in [0, 0.1) is 0 Å². The van der Waals surface area contributed by atoms with Crippen molar-refractivity contribution in [2.75, 3.05) is 7.11 Å². The van der Waals surface area contributed by atoms with Gasteiger partial charge in [-0.05, 0) is 22.9 Å². The number of Topliss-reactive ketones (excluding diaryl/α,β-unsaturated/α-hetero) is 1. The molecule has 2 aliphatic rings. The number of rotatable bonds is 2. The van der Waals surface area contributed by atoms with E-state index >= 15 is 0 Å². The first-order chi connectivity index (χ1) is 15.9. The number of carbonyl (C=O) groups excluding carboxylic acids is 2. The van der Waals surface area contributed by atoms with Crippen molar-refractivity contribution < 1.29 is 14.3 Å². The van der Waals surface area contributed by atoms with E-state index in [1.165, 1.54) is 0 Å². The molecule has 0 amide bonds. The molecule has 6 rings (SSSR count). The van der Waals surface area contributed by atoms with E-state index in [0.717, 1.165) is 26.4 Å². The summed E-state index contributed by atoms with van der Waals surface area (Å²) in [5, 5.41) is 1.36. The van der Waals surface area contributed by atoms with Gasteiger partial charge in [-0.15, -0.1) is 0 Å². The lowest BCUT2D eigenvalue weighted by atomic mass is 9.82. The van der Waals surface area contributed by atoms with Crippen molar-refractivity contribution in [3.8, 4) is 5.69 Å². The number of ketones is 1. The third-order valence-electron chi connectivity index (χ3n) is 6.38. The quantitative estimate of drug-likeness (QED) is 0.468. The molecule has 0 saturated heterocycles. The van der Waals surface area contributed by atoms with Crippen LogP contribution in [0.3, 0.4) is 0 Å². The van der Waals surface area contributed by atoms with Crippen LogP contribution < -0.4 is 17.1 Å². The van der Waals surface area contributed by atoms with Gasteiger partial charge in [0, 0.05) is 11.1 Å². The highest BCUT2D eigenvalue weighted by Crippen LogP contribution is 2.50. The van der Waals surface area contributed by atoms with Crippen LogP contribution in [-0.4, -0.2) is 32.8 Å². The molecule has 0 fully saturated rings. The molecule has 3 aromatic carbocycles. The van der Waals surface area contributed by atoms with Crippen LogP contribution in [0.5, 0.6) is 0 Å². The van der Waals surface area contributed by atoms with Gasteiger partial charge in [-0.1, -0.05) is 54.6 Å². The Labute approximate surface area is 185 Å². The van der Waals surface area contributed by atoms with Gasteiger partial charge in [-0.2, -0.15) is 4.68 Å². The molecule has 1 aromatic heterocycles. The van der Waals surface area contributed by atoms with E-state index in [2.05, 4.69) is 0 Å². The Morgan fingerprint density at radius 3 is 2.30 bits per heavy atom. The number of nitrogens with two attached hydrogens (primary N) is 1. The Balaban J connectivity index is 1.83. The lowest BCUT2D eigenvalue weighted by Crippen LogP contribution is -2.48. The maximum atomic E-state index is 14.1. The Bertz CT molecular complexity index is 1680. The van der Waals surface area contributed by atoms with Crippen molar-refractivity contribution in [1.82, 2.24) is 13.9 Å². The van der Waals surface area contributed by atoms with Gasteiger partial charge in [0.05, 0.1) is 12.8 Å². The summed E-state index contributed by atoms with van der Waals surface area (Å²) in [5.41, 5.74) is 3.55. The van der Waals surface area contributed by atoms with Crippen molar-refractivity contribution in [2.24, 2.45) is 5.73 Å². The number of para-hydroxylation sites is 1. The minimum Gasteiger partial charge on any atom is -0.465 e. The number of esters is 1. The molecule has 4 aromatic rings. The van der Waals surface area contributed by atoms with E-state index in [-0.39, 0.29) is 11.4 Å². The highest BCUT2D eigenvalue weighted by Gasteiger charge is 2.61. The van der Waals surface area contributed by atoms with Gasteiger partial charge >= 0.3 is 17.3 Å². The van der Waals surface area contributed by atoms with Crippen molar-refractivity contribution in [1.29, 1.82) is 0 Å². The van der Waals surface area contributed by atoms with E-state index in [1.54, 1.807) is 54.6 Å². The molecule has 1 spiro atoms. The van der Waals surface area contributed by atoms with Crippen LogP contribution in [-0.2, 0) is 15.1 Å². The topological polar surface area (TPSA) is 118 Å². The first kappa shape index (κ1) is 19.1. The maximum absolute atomic E-state index is 14.1. The molecule has 9 nitrogen and oxygen atoms in total. The molecular formula is C24H16N4O5. The van der Waals surface area contributed by atoms with Crippen LogP contribution in [0.2, 0.25) is 0 Å². The summed E-state index contributed by atoms with van der Waals surface area (Å²) < 4.78 is 7.77. The van der Waals surface area contributed by atoms with Crippen molar-refractivity contribution in [2.45, 2.75) is 5.54 Å². The SMILES string of the molecule is COC(=O)C1=C(N)n2c(=O)n(-c3ccccc3)c(=O)n2C12C(=O)c1cccc3cccc2c13. The number of carbonyl (C=O) groups is 2. The van der Waals surface area contributed by atoms with E-state index in [9.17, 15) is 19.2 Å². The number of ether oxygens (including phenoxy) is 1. The molecule has 0 radical (unpaired) electrons. The highest BCUT2D eigenvalue weighted by atomic mass is 16.5. The minimum atomic E-state index is -1.96. The van der Waals surface area contributed by atoms with Gasteiger partial charge in [0.1, 0.15) is 11.4 Å². The summed E-state index contributed by atoms with van der Waals surface area (Å²) in [7, 11) is 1.15. The molecule has 1 unspecified atom stereocenters. The predicted octanol–water partition coefficient (Wildman–Crippen LogP) is 1.21. The van der Waals surface area contributed by atoms with Crippen molar-refractivity contribution >= 4 is 28.3 Å². The van der Waals surface area contributed by atoms with E-state index in [1.807, 2.05) is 12.1 Å². The first-order valence-corrected chi connectivity index (χ1v) is 10.1. The van der Waals surface area contributed by atoms with Crippen LogP contribution in [0.15, 0.2) is 81.9 Å². The zero-order chi connectivity index (χ0) is 23.1. The predicted molar refractivity (Wildman–Crippen MR) is 119 cm³/mol. The van der Waals surface area contributed by atoms with Crippen molar-refractivity contribution in [3.63, 3.8) is 0 Å². The summed E-state index contributed by atoms with van der Waals surface area (Å²) in [6.45, 7) is 0. The van der Waals surface area contributed by atoms with Gasteiger partial charge in [0.25, 0.3) is 0 Å². The molecular weight excluding hydrogens is 424 g/mol. The van der Waals surface area contributed by atoms with E-state index in [4.69, 9.17) is 10.5 Å². The number of hydrogen-bond donors (Lipinski definition) is 1. The van der Waals surface area contributed by atoms with E-state index < -0.39 is 28.7 Å². The average Bonchev–Trinajstić information content (AvgIpc) is 3.37. The largest absolute Gasteiger partial charge is 0.465 e. The molecule has 1 atom stereocenters. The van der Waals surface area contributed by atoms with Gasteiger partial charge in [0.15, 0.2) is 5.54 Å². The Kier molecular flexibility index (Phi) is 3.58. The monoisotopic (exact) mass is 440 g/mol. The summed E-state index contributed by atoms with van der Waals surface area (Å²) in [6.07, 6.45) is 0. The van der Waals surface area contributed by atoms with E-state index in [0.29, 0.717) is 22.2 Å². The average molecular weight is 440 g/mol. The maximum Gasteiger partial charge on any atom is 0.358 e. The second-order valence-corrected chi connectivity index (χ2v) is 7.86. The highest BCUT2D eigenvalue weighted by molar-refractivity contribution is 6.25. The lowest BCUT2D eigenvalue weighted by molar-refractivity contribution is -0.136. The normalized spacial score (nSPS) is 18.4. The first-order valence-electron chi connectivity index (χ1n) is 10.1. The molecule has 9 heteroatoms. The van der Waals surface area contributed by atoms with Gasteiger partial charge in [-0.3, -0.25) is 4.79 Å². The molecule has 33 heavy (non-hydrogen) atoms. The number of methoxy groups -OCH3 is 1. The molecule has 1 aliphatic heterocycles. The second kappa shape index (κ2) is 6.19. The number of aromatic nitrogens is 3. The van der Waals surface area contributed by atoms with Crippen LogP contribution in [0.4, 0.5) is 0 Å². The summed E-state index contributed by atoms with van der Waals surface area (Å²) in [6, 6.07) is 18.7.